The first kappa shape index (κ1) is 16.4. The van der Waals surface area contributed by atoms with Crippen LogP contribution in [-0.4, -0.2) is 11.7 Å². The minimum atomic E-state index is 0.0454. The fourth-order valence-electron chi connectivity index (χ4n) is 1.92. The molecule has 2 aromatic rings. The van der Waals surface area contributed by atoms with Gasteiger partial charge in [-0.2, -0.15) is 5.26 Å². The largest absolute Gasteiger partial charge is 0.503 e. The van der Waals surface area contributed by atoms with Crippen LogP contribution in [-0.2, 0) is 0 Å². The maximum atomic E-state index is 9.92. The van der Waals surface area contributed by atoms with E-state index in [-0.39, 0.29) is 5.75 Å². The highest BCUT2D eigenvalue weighted by Gasteiger charge is 2.09. The van der Waals surface area contributed by atoms with Gasteiger partial charge in [0, 0.05) is 5.02 Å². The van der Waals surface area contributed by atoms with Crippen LogP contribution in [0.4, 0.5) is 0 Å². The van der Waals surface area contributed by atoms with Crippen molar-refractivity contribution in [2.75, 3.05) is 6.61 Å². The number of phenols is 1. The zero-order chi connectivity index (χ0) is 16.1. The van der Waals surface area contributed by atoms with E-state index in [0.29, 0.717) is 27.4 Å². The van der Waals surface area contributed by atoms with Crippen molar-refractivity contribution in [3.05, 3.63) is 57.0 Å². The van der Waals surface area contributed by atoms with Crippen molar-refractivity contribution < 1.29 is 9.84 Å². The second-order valence-corrected chi connectivity index (χ2v) is 5.75. The van der Waals surface area contributed by atoms with E-state index in [2.05, 4.69) is 22.0 Å². The minimum absolute atomic E-state index is 0.0454. The van der Waals surface area contributed by atoms with Crippen molar-refractivity contribution >= 4 is 39.2 Å². The Bertz CT molecular complexity index is 748. The Morgan fingerprint density at radius 1 is 1.36 bits per heavy atom. The normalized spacial score (nSPS) is 11.1. The lowest BCUT2D eigenvalue weighted by Crippen LogP contribution is -1.93. The summed E-state index contributed by atoms with van der Waals surface area (Å²) in [5.41, 5.74) is 2.02. The second kappa shape index (κ2) is 7.35. The number of rotatable bonds is 4. The minimum Gasteiger partial charge on any atom is -0.503 e. The van der Waals surface area contributed by atoms with Crippen LogP contribution in [0.3, 0.4) is 0 Å². The van der Waals surface area contributed by atoms with Crippen molar-refractivity contribution in [3.63, 3.8) is 0 Å². The van der Waals surface area contributed by atoms with E-state index in [4.69, 9.17) is 16.3 Å². The van der Waals surface area contributed by atoms with Gasteiger partial charge in [-0.15, -0.1) is 0 Å². The van der Waals surface area contributed by atoms with Crippen molar-refractivity contribution in [1.29, 1.82) is 5.26 Å². The molecule has 1 N–H and O–H groups in total. The van der Waals surface area contributed by atoms with Gasteiger partial charge in [0.2, 0.25) is 0 Å². The Morgan fingerprint density at radius 2 is 2.05 bits per heavy atom. The first-order valence-corrected chi connectivity index (χ1v) is 7.75. The van der Waals surface area contributed by atoms with Crippen molar-refractivity contribution in [2.24, 2.45) is 0 Å². The summed E-state index contributed by atoms with van der Waals surface area (Å²) in [6.45, 7) is 2.28. The molecule has 0 amide bonds. The lowest BCUT2D eigenvalue weighted by Gasteiger charge is -2.09. The molecule has 0 saturated heterocycles. The van der Waals surface area contributed by atoms with Gasteiger partial charge in [-0.1, -0.05) is 23.7 Å². The summed E-state index contributed by atoms with van der Waals surface area (Å²) in [6.07, 6.45) is 1.73. The monoisotopic (exact) mass is 377 g/mol. The van der Waals surface area contributed by atoms with Gasteiger partial charge in [0.05, 0.1) is 22.7 Å². The molecule has 0 bridgehead atoms. The molecule has 5 heteroatoms. The predicted octanol–water partition coefficient (Wildman–Crippen LogP) is 5.27. The third kappa shape index (κ3) is 3.82. The van der Waals surface area contributed by atoms with Crippen LogP contribution >= 0.6 is 27.5 Å². The number of allylic oxidation sites excluding steroid dienone is 1. The summed E-state index contributed by atoms with van der Waals surface area (Å²) in [6, 6.07) is 12.6. The standard InChI is InChI=1S/C17H13BrClNO2/c1-2-22-16-9-11(8-15(18)17(16)21)7-13(10-20)12-3-5-14(19)6-4-12/h3-9,21H,2H2,1H3/b13-7-. The van der Waals surface area contributed by atoms with Gasteiger partial charge in [0.25, 0.3) is 0 Å². The Morgan fingerprint density at radius 3 is 2.64 bits per heavy atom. The SMILES string of the molecule is CCOc1cc(/C=C(/C#N)c2ccc(Cl)cc2)cc(Br)c1O. The Labute approximate surface area is 142 Å². The summed E-state index contributed by atoms with van der Waals surface area (Å²) in [5, 5.41) is 19.9. The maximum absolute atomic E-state index is 9.92. The fourth-order valence-corrected chi connectivity index (χ4v) is 2.50. The molecule has 0 aliphatic heterocycles. The van der Waals surface area contributed by atoms with Crippen molar-refractivity contribution in [3.8, 4) is 17.6 Å². The lowest BCUT2D eigenvalue weighted by atomic mass is 10.0. The number of nitriles is 1. The van der Waals surface area contributed by atoms with E-state index in [0.717, 1.165) is 11.1 Å². The smallest absolute Gasteiger partial charge is 0.172 e. The first-order valence-electron chi connectivity index (χ1n) is 6.58. The lowest BCUT2D eigenvalue weighted by molar-refractivity contribution is 0.317. The zero-order valence-electron chi connectivity index (χ0n) is 11.8. The molecule has 0 fully saturated rings. The highest BCUT2D eigenvalue weighted by molar-refractivity contribution is 9.10. The molecule has 0 heterocycles. The molecule has 0 radical (unpaired) electrons. The summed E-state index contributed by atoms with van der Waals surface area (Å²) in [5.74, 6) is 0.417. The quantitative estimate of drug-likeness (QED) is 0.582. The number of hydrogen-bond donors (Lipinski definition) is 1. The van der Waals surface area contributed by atoms with Crippen LogP contribution in [0.15, 0.2) is 40.9 Å². The first-order chi connectivity index (χ1) is 10.5. The number of benzene rings is 2. The second-order valence-electron chi connectivity index (χ2n) is 4.46. The zero-order valence-corrected chi connectivity index (χ0v) is 14.1. The van der Waals surface area contributed by atoms with E-state index in [1.165, 1.54) is 0 Å². The van der Waals surface area contributed by atoms with Crippen molar-refractivity contribution in [1.82, 2.24) is 0 Å². The third-order valence-corrected chi connectivity index (χ3v) is 3.79. The molecular weight excluding hydrogens is 366 g/mol. The molecule has 2 aromatic carbocycles. The number of nitrogens with zero attached hydrogens (tertiary/aromatic N) is 1. The highest BCUT2D eigenvalue weighted by atomic mass is 79.9. The van der Waals surface area contributed by atoms with Crippen LogP contribution in [0.1, 0.15) is 18.1 Å². The number of aromatic hydroxyl groups is 1. The van der Waals surface area contributed by atoms with Gasteiger partial charge in [-0.25, -0.2) is 0 Å². The van der Waals surface area contributed by atoms with Crippen LogP contribution in [0.5, 0.6) is 11.5 Å². The molecule has 22 heavy (non-hydrogen) atoms. The van der Waals surface area contributed by atoms with Gasteiger partial charge >= 0.3 is 0 Å². The van der Waals surface area contributed by atoms with Gasteiger partial charge in [-0.05, 0) is 64.3 Å². The molecule has 0 atom stereocenters. The molecule has 0 unspecified atom stereocenters. The van der Waals surface area contributed by atoms with Crippen LogP contribution in [0.25, 0.3) is 11.6 Å². The van der Waals surface area contributed by atoms with Crippen molar-refractivity contribution in [2.45, 2.75) is 6.92 Å². The molecule has 0 aromatic heterocycles. The number of halogens is 2. The fraction of sp³-hybridized carbons (Fsp3) is 0.118. The molecule has 112 valence electrons. The molecule has 0 spiro atoms. The molecule has 0 aliphatic carbocycles. The topological polar surface area (TPSA) is 53.2 Å². The highest BCUT2D eigenvalue weighted by Crippen LogP contribution is 2.36. The predicted molar refractivity (Wildman–Crippen MR) is 91.9 cm³/mol. The number of ether oxygens (including phenoxy) is 1. The molecule has 2 rings (SSSR count). The summed E-state index contributed by atoms with van der Waals surface area (Å²) in [4.78, 5) is 0. The molecule has 0 saturated carbocycles. The average molecular weight is 379 g/mol. The average Bonchev–Trinajstić information content (AvgIpc) is 2.51. The number of phenolic OH excluding ortho intramolecular Hbond substituents is 1. The maximum Gasteiger partial charge on any atom is 0.172 e. The Kier molecular flexibility index (Phi) is 5.48. The third-order valence-electron chi connectivity index (χ3n) is 2.94. The van der Waals surface area contributed by atoms with E-state index >= 15 is 0 Å². The van der Waals surface area contributed by atoms with Gasteiger partial charge in [-0.3, -0.25) is 0 Å². The molecule has 3 nitrogen and oxygen atoms in total. The number of hydrogen-bond acceptors (Lipinski definition) is 3. The van der Waals surface area contributed by atoms with Crippen LogP contribution in [0, 0.1) is 11.3 Å². The summed E-state index contributed by atoms with van der Waals surface area (Å²) < 4.78 is 5.90. The summed E-state index contributed by atoms with van der Waals surface area (Å²) >= 11 is 9.15. The molecule has 0 aliphatic rings. The summed E-state index contributed by atoms with van der Waals surface area (Å²) in [7, 11) is 0. The Hall–Kier alpha value is -1.96. The van der Waals surface area contributed by atoms with Crippen LogP contribution in [0.2, 0.25) is 5.02 Å². The van der Waals surface area contributed by atoms with Gasteiger partial charge < -0.3 is 9.84 Å². The van der Waals surface area contributed by atoms with E-state index in [1.807, 2.05) is 6.92 Å². The van der Waals surface area contributed by atoms with Gasteiger partial charge in [0.1, 0.15) is 0 Å². The van der Waals surface area contributed by atoms with Gasteiger partial charge in [0.15, 0.2) is 11.5 Å². The molecular formula is C17H13BrClNO2. The van der Waals surface area contributed by atoms with E-state index in [1.54, 1.807) is 42.5 Å². The van der Waals surface area contributed by atoms with E-state index in [9.17, 15) is 10.4 Å². The Balaban J connectivity index is 2.46. The van der Waals surface area contributed by atoms with E-state index < -0.39 is 0 Å². The van der Waals surface area contributed by atoms with Crippen LogP contribution < -0.4 is 4.74 Å².